The van der Waals surface area contributed by atoms with Gasteiger partial charge in [-0.05, 0) is 40.6 Å². The summed E-state index contributed by atoms with van der Waals surface area (Å²) in [4.78, 5) is 14.7. The molecular weight excluding hydrogens is 312 g/mol. The number of thioether (sulfide) groups is 1. The van der Waals surface area contributed by atoms with Crippen LogP contribution in [0.25, 0.3) is 0 Å². The van der Waals surface area contributed by atoms with Crippen LogP contribution < -0.4 is 5.73 Å². The molecule has 6 heteroatoms. The normalized spacial score (nSPS) is 10.5. The van der Waals surface area contributed by atoms with Crippen molar-refractivity contribution >= 4 is 46.3 Å². The maximum absolute atomic E-state index is 12.0. The van der Waals surface area contributed by atoms with Crippen LogP contribution in [0.1, 0.15) is 5.56 Å². The van der Waals surface area contributed by atoms with Crippen molar-refractivity contribution in [2.45, 2.75) is 11.4 Å². The molecule has 0 unspecified atom stereocenters. The van der Waals surface area contributed by atoms with Crippen molar-refractivity contribution in [1.29, 1.82) is 0 Å². The first-order valence-electron chi connectivity index (χ1n) is 5.99. The fraction of sp³-hybridized carbons (Fsp3) is 0.214. The third-order valence-corrected chi connectivity index (χ3v) is 4.80. The van der Waals surface area contributed by atoms with Crippen LogP contribution >= 0.6 is 34.7 Å². The van der Waals surface area contributed by atoms with E-state index in [1.54, 1.807) is 28.4 Å². The smallest absolute Gasteiger partial charge is 0.232 e. The van der Waals surface area contributed by atoms with Gasteiger partial charge in [0.05, 0.1) is 16.5 Å². The lowest BCUT2D eigenvalue weighted by molar-refractivity contribution is -0.127. The van der Waals surface area contributed by atoms with Crippen molar-refractivity contribution in [3.05, 3.63) is 45.6 Å². The van der Waals surface area contributed by atoms with Crippen molar-refractivity contribution < 1.29 is 4.79 Å². The summed E-state index contributed by atoms with van der Waals surface area (Å²) in [6.07, 6.45) is 0. The number of carbonyl (C=O) groups excluding carboxylic acids is 1. The number of nitrogens with zero attached hydrogens (tertiary/aromatic N) is 1. The number of hydrogen-bond donors (Lipinski definition) is 1. The van der Waals surface area contributed by atoms with Crippen molar-refractivity contribution in [1.82, 2.24) is 4.90 Å². The van der Waals surface area contributed by atoms with Gasteiger partial charge in [-0.1, -0.05) is 11.6 Å². The van der Waals surface area contributed by atoms with E-state index in [9.17, 15) is 4.79 Å². The summed E-state index contributed by atoms with van der Waals surface area (Å²) >= 11 is 9.05. The summed E-state index contributed by atoms with van der Waals surface area (Å²) < 4.78 is 0. The second-order valence-corrected chi connectivity index (χ2v) is 6.59. The molecule has 2 rings (SSSR count). The van der Waals surface area contributed by atoms with Gasteiger partial charge in [0, 0.05) is 18.5 Å². The molecule has 1 aromatic carbocycles. The van der Waals surface area contributed by atoms with Gasteiger partial charge in [0.2, 0.25) is 5.91 Å². The SMILES string of the molecule is CN(Cc1ccsc1)C(=O)CSc1ccc(N)c(Cl)c1. The van der Waals surface area contributed by atoms with Crippen molar-refractivity contribution in [3.63, 3.8) is 0 Å². The highest BCUT2D eigenvalue weighted by atomic mass is 35.5. The Bertz CT molecular complexity index is 587. The highest BCUT2D eigenvalue weighted by Gasteiger charge is 2.10. The standard InChI is InChI=1S/C14H15ClN2OS2/c1-17(7-10-4-5-19-8-10)14(18)9-20-11-2-3-13(16)12(15)6-11/h2-6,8H,7,9,16H2,1H3. The van der Waals surface area contributed by atoms with Gasteiger partial charge in [-0.3, -0.25) is 4.79 Å². The minimum atomic E-state index is 0.0918. The molecule has 0 saturated heterocycles. The van der Waals surface area contributed by atoms with Gasteiger partial charge in [-0.2, -0.15) is 11.3 Å². The minimum absolute atomic E-state index is 0.0918. The predicted octanol–water partition coefficient (Wildman–Crippen LogP) is 3.73. The number of anilines is 1. The summed E-state index contributed by atoms with van der Waals surface area (Å²) in [5, 5.41) is 4.59. The van der Waals surface area contributed by atoms with E-state index in [1.165, 1.54) is 11.8 Å². The molecule has 1 aromatic heterocycles. The van der Waals surface area contributed by atoms with Crippen LogP contribution in [-0.2, 0) is 11.3 Å². The Morgan fingerprint density at radius 1 is 1.45 bits per heavy atom. The largest absolute Gasteiger partial charge is 0.398 e. The van der Waals surface area contributed by atoms with Crippen LogP contribution in [0.2, 0.25) is 5.02 Å². The fourth-order valence-electron chi connectivity index (χ4n) is 1.60. The molecule has 0 aliphatic rings. The molecule has 0 fully saturated rings. The van der Waals surface area contributed by atoms with Crippen LogP contribution in [-0.4, -0.2) is 23.6 Å². The van der Waals surface area contributed by atoms with E-state index in [-0.39, 0.29) is 5.91 Å². The number of amides is 1. The Labute approximate surface area is 131 Å². The third kappa shape index (κ3) is 4.16. The number of hydrogen-bond acceptors (Lipinski definition) is 4. The Hall–Kier alpha value is -1.17. The molecule has 2 aromatic rings. The van der Waals surface area contributed by atoms with Gasteiger partial charge in [0.25, 0.3) is 0 Å². The molecule has 106 valence electrons. The zero-order chi connectivity index (χ0) is 14.5. The predicted molar refractivity (Wildman–Crippen MR) is 87.4 cm³/mol. The fourth-order valence-corrected chi connectivity index (χ4v) is 3.38. The van der Waals surface area contributed by atoms with E-state index < -0.39 is 0 Å². The van der Waals surface area contributed by atoms with Gasteiger partial charge < -0.3 is 10.6 Å². The van der Waals surface area contributed by atoms with Crippen molar-refractivity contribution in [2.75, 3.05) is 18.5 Å². The molecule has 0 aliphatic heterocycles. The van der Waals surface area contributed by atoms with E-state index >= 15 is 0 Å². The molecule has 0 radical (unpaired) electrons. The number of carbonyl (C=O) groups is 1. The molecule has 20 heavy (non-hydrogen) atoms. The Kier molecular flexibility index (Phi) is 5.34. The molecule has 1 heterocycles. The average molecular weight is 327 g/mol. The van der Waals surface area contributed by atoms with Crippen molar-refractivity contribution in [3.8, 4) is 0 Å². The van der Waals surface area contributed by atoms with Gasteiger partial charge >= 0.3 is 0 Å². The third-order valence-electron chi connectivity index (χ3n) is 2.76. The van der Waals surface area contributed by atoms with E-state index in [4.69, 9.17) is 17.3 Å². The molecule has 0 bridgehead atoms. The quantitative estimate of drug-likeness (QED) is 0.672. The maximum Gasteiger partial charge on any atom is 0.232 e. The van der Waals surface area contributed by atoms with Gasteiger partial charge in [0.1, 0.15) is 0 Å². The Morgan fingerprint density at radius 3 is 2.90 bits per heavy atom. The summed E-state index contributed by atoms with van der Waals surface area (Å²) in [6.45, 7) is 0.644. The topological polar surface area (TPSA) is 46.3 Å². The van der Waals surface area contributed by atoms with E-state index in [0.717, 1.165) is 10.5 Å². The van der Waals surface area contributed by atoms with Gasteiger partial charge in [-0.15, -0.1) is 11.8 Å². The highest BCUT2D eigenvalue weighted by Crippen LogP contribution is 2.26. The molecule has 2 N–H and O–H groups in total. The molecule has 0 aliphatic carbocycles. The molecule has 1 amide bonds. The van der Waals surface area contributed by atoms with Crippen LogP contribution in [0.15, 0.2) is 39.9 Å². The number of benzene rings is 1. The monoisotopic (exact) mass is 326 g/mol. The summed E-state index contributed by atoms with van der Waals surface area (Å²) in [7, 11) is 1.82. The molecule has 0 saturated carbocycles. The second kappa shape index (κ2) is 7.02. The van der Waals surface area contributed by atoms with Crippen molar-refractivity contribution in [2.24, 2.45) is 0 Å². The van der Waals surface area contributed by atoms with Gasteiger partial charge in [0.15, 0.2) is 0 Å². The van der Waals surface area contributed by atoms with E-state index in [2.05, 4.69) is 5.38 Å². The second-order valence-electron chi connectivity index (χ2n) is 4.35. The van der Waals surface area contributed by atoms with E-state index in [0.29, 0.717) is 23.0 Å². The number of nitrogens with two attached hydrogens (primary N) is 1. The lowest BCUT2D eigenvalue weighted by atomic mass is 10.3. The molecular formula is C14H15ClN2OS2. The minimum Gasteiger partial charge on any atom is -0.398 e. The first-order valence-corrected chi connectivity index (χ1v) is 8.30. The van der Waals surface area contributed by atoms with Crippen LogP contribution in [0, 0.1) is 0 Å². The first kappa shape index (κ1) is 15.2. The highest BCUT2D eigenvalue weighted by molar-refractivity contribution is 8.00. The summed E-state index contributed by atoms with van der Waals surface area (Å²) in [5.41, 5.74) is 7.36. The average Bonchev–Trinajstić information content (AvgIpc) is 2.92. The lowest BCUT2D eigenvalue weighted by Crippen LogP contribution is -2.27. The summed E-state index contributed by atoms with van der Waals surface area (Å²) in [5.74, 6) is 0.482. The van der Waals surface area contributed by atoms with Crippen LogP contribution in [0.3, 0.4) is 0 Å². The number of halogens is 1. The molecule has 0 atom stereocenters. The lowest BCUT2D eigenvalue weighted by Gasteiger charge is -2.16. The molecule has 3 nitrogen and oxygen atoms in total. The summed E-state index contributed by atoms with van der Waals surface area (Å²) in [6, 6.07) is 7.44. The zero-order valence-electron chi connectivity index (χ0n) is 11.0. The van der Waals surface area contributed by atoms with Crippen LogP contribution in [0.5, 0.6) is 0 Å². The van der Waals surface area contributed by atoms with Crippen LogP contribution in [0.4, 0.5) is 5.69 Å². The first-order chi connectivity index (χ1) is 9.56. The number of rotatable bonds is 5. The number of thiophene rings is 1. The van der Waals surface area contributed by atoms with E-state index in [1.807, 2.05) is 24.6 Å². The maximum atomic E-state index is 12.0. The Balaban J connectivity index is 1.86. The molecule has 0 spiro atoms. The number of nitrogen functional groups attached to an aromatic ring is 1. The van der Waals surface area contributed by atoms with Gasteiger partial charge in [-0.25, -0.2) is 0 Å². The zero-order valence-corrected chi connectivity index (χ0v) is 13.4. The Morgan fingerprint density at radius 2 is 2.25 bits per heavy atom.